The van der Waals surface area contributed by atoms with E-state index in [0.717, 1.165) is 0 Å². The molecule has 154 valence electrons. The van der Waals surface area contributed by atoms with E-state index in [2.05, 4.69) is 0 Å². The third-order valence-corrected chi connectivity index (χ3v) is 6.57. The largest absolute Gasteiger partial charge is 0.449 e. The first-order chi connectivity index (χ1) is 13.4. The molecule has 1 aromatic carbocycles. The molecule has 2 heterocycles. The lowest BCUT2D eigenvalue weighted by atomic mass is 10.2. The van der Waals surface area contributed by atoms with Crippen LogP contribution in [0.3, 0.4) is 0 Å². The highest BCUT2D eigenvalue weighted by Crippen LogP contribution is 2.18. The number of morpholine rings is 2. The van der Waals surface area contributed by atoms with Crippen LogP contribution in [0.5, 0.6) is 0 Å². The maximum atomic E-state index is 12.6. The molecule has 1 amide bonds. The highest BCUT2D eigenvalue weighted by molar-refractivity contribution is 7.89. The molecule has 28 heavy (non-hydrogen) atoms. The van der Waals surface area contributed by atoms with Crippen molar-refractivity contribution in [3.63, 3.8) is 0 Å². The van der Waals surface area contributed by atoms with Crippen molar-refractivity contribution in [3.8, 4) is 0 Å². The minimum absolute atomic E-state index is 0.100. The van der Waals surface area contributed by atoms with Gasteiger partial charge in [0.15, 0.2) is 6.10 Å². The molecule has 0 saturated carbocycles. The molecule has 2 aliphatic heterocycles. The van der Waals surface area contributed by atoms with Crippen molar-refractivity contribution in [1.82, 2.24) is 9.21 Å². The molecule has 1 aromatic rings. The van der Waals surface area contributed by atoms with Gasteiger partial charge in [0.1, 0.15) is 0 Å². The fourth-order valence-electron chi connectivity index (χ4n) is 3.02. The number of hydrogen-bond acceptors (Lipinski definition) is 7. The Morgan fingerprint density at radius 3 is 2.07 bits per heavy atom. The second kappa shape index (κ2) is 8.99. The number of ether oxygens (including phenoxy) is 3. The van der Waals surface area contributed by atoms with E-state index < -0.39 is 22.1 Å². The van der Waals surface area contributed by atoms with E-state index in [4.69, 9.17) is 14.2 Å². The number of nitrogens with zero attached hydrogens (tertiary/aromatic N) is 2. The molecule has 1 unspecified atom stereocenters. The number of hydrogen-bond donors (Lipinski definition) is 0. The Morgan fingerprint density at radius 2 is 1.50 bits per heavy atom. The van der Waals surface area contributed by atoms with Crippen molar-refractivity contribution < 1.29 is 32.2 Å². The Kier molecular flexibility index (Phi) is 6.65. The second-order valence-electron chi connectivity index (χ2n) is 6.53. The molecule has 1 atom stereocenters. The predicted octanol–water partition coefficient (Wildman–Crippen LogP) is 0.112. The average Bonchev–Trinajstić information content (AvgIpc) is 2.74. The van der Waals surface area contributed by atoms with Crippen LogP contribution in [0.2, 0.25) is 0 Å². The summed E-state index contributed by atoms with van der Waals surface area (Å²) in [7, 11) is -3.63. The van der Waals surface area contributed by atoms with Crippen LogP contribution in [0.15, 0.2) is 29.2 Å². The van der Waals surface area contributed by atoms with Gasteiger partial charge in [0.2, 0.25) is 10.0 Å². The van der Waals surface area contributed by atoms with Gasteiger partial charge < -0.3 is 19.1 Å². The van der Waals surface area contributed by atoms with E-state index in [1.165, 1.54) is 35.5 Å². The summed E-state index contributed by atoms with van der Waals surface area (Å²) in [6.45, 7) is 4.70. The van der Waals surface area contributed by atoms with Gasteiger partial charge >= 0.3 is 5.97 Å². The summed E-state index contributed by atoms with van der Waals surface area (Å²) in [5, 5.41) is 0. The van der Waals surface area contributed by atoms with Crippen molar-refractivity contribution in [2.75, 3.05) is 52.6 Å². The predicted molar refractivity (Wildman–Crippen MR) is 98.3 cm³/mol. The van der Waals surface area contributed by atoms with E-state index in [-0.39, 0.29) is 16.4 Å². The van der Waals surface area contributed by atoms with E-state index in [9.17, 15) is 18.0 Å². The summed E-state index contributed by atoms with van der Waals surface area (Å²) in [5.74, 6) is -0.951. The third kappa shape index (κ3) is 4.69. The number of benzene rings is 1. The van der Waals surface area contributed by atoms with Gasteiger partial charge in [0, 0.05) is 26.2 Å². The van der Waals surface area contributed by atoms with E-state index >= 15 is 0 Å². The summed E-state index contributed by atoms with van der Waals surface area (Å²) in [6.07, 6.45) is -0.928. The van der Waals surface area contributed by atoms with Gasteiger partial charge in [-0.05, 0) is 31.2 Å². The quantitative estimate of drug-likeness (QED) is 0.633. The molecule has 2 fully saturated rings. The van der Waals surface area contributed by atoms with Crippen LogP contribution in [-0.2, 0) is 29.0 Å². The SMILES string of the molecule is CC(OC(=O)c1ccc(S(=O)(=O)N2CCOCC2)cc1)C(=O)N1CCOCC1. The smallest absolute Gasteiger partial charge is 0.338 e. The summed E-state index contributed by atoms with van der Waals surface area (Å²) in [6, 6.07) is 5.52. The molecule has 0 bridgehead atoms. The maximum Gasteiger partial charge on any atom is 0.338 e. The van der Waals surface area contributed by atoms with Crippen molar-refractivity contribution in [2.45, 2.75) is 17.9 Å². The highest BCUT2D eigenvalue weighted by atomic mass is 32.2. The Morgan fingerprint density at radius 1 is 0.964 bits per heavy atom. The maximum absolute atomic E-state index is 12.6. The molecule has 9 nitrogen and oxygen atoms in total. The molecule has 0 spiro atoms. The summed E-state index contributed by atoms with van der Waals surface area (Å²) in [4.78, 5) is 26.3. The molecule has 0 aliphatic carbocycles. The number of sulfonamides is 1. The molecule has 10 heteroatoms. The van der Waals surface area contributed by atoms with Crippen molar-refractivity contribution in [1.29, 1.82) is 0 Å². The van der Waals surface area contributed by atoms with Crippen LogP contribution < -0.4 is 0 Å². The molecular weight excluding hydrogens is 388 g/mol. The molecule has 2 saturated heterocycles. The van der Waals surface area contributed by atoms with Crippen molar-refractivity contribution >= 4 is 21.9 Å². The standard InChI is InChI=1S/C18H24N2O7S/c1-14(17(21)19-6-10-25-11-7-19)27-18(22)15-2-4-16(5-3-15)28(23,24)20-8-12-26-13-9-20/h2-5,14H,6-13H2,1H3. The van der Waals surface area contributed by atoms with Crippen LogP contribution in [0.25, 0.3) is 0 Å². The lowest BCUT2D eigenvalue weighted by Gasteiger charge is -2.29. The number of amides is 1. The minimum atomic E-state index is -3.63. The van der Waals surface area contributed by atoms with Crippen LogP contribution >= 0.6 is 0 Å². The van der Waals surface area contributed by atoms with Crippen LogP contribution in [0, 0.1) is 0 Å². The van der Waals surface area contributed by atoms with Crippen molar-refractivity contribution in [3.05, 3.63) is 29.8 Å². The average molecular weight is 412 g/mol. The first kappa shape index (κ1) is 20.7. The minimum Gasteiger partial charge on any atom is -0.449 e. The zero-order valence-corrected chi connectivity index (χ0v) is 16.5. The molecule has 2 aliphatic rings. The Balaban J connectivity index is 1.62. The summed E-state index contributed by atoms with van der Waals surface area (Å²) in [5.41, 5.74) is 0.183. The van der Waals surface area contributed by atoms with Gasteiger partial charge in [-0.15, -0.1) is 0 Å². The fraction of sp³-hybridized carbons (Fsp3) is 0.556. The van der Waals surface area contributed by atoms with E-state index in [1.54, 1.807) is 4.90 Å². The second-order valence-corrected chi connectivity index (χ2v) is 8.46. The monoisotopic (exact) mass is 412 g/mol. The van der Waals surface area contributed by atoms with E-state index in [1.807, 2.05) is 0 Å². The molecular formula is C18H24N2O7S. The van der Waals surface area contributed by atoms with Gasteiger partial charge in [-0.25, -0.2) is 13.2 Å². The molecule has 0 radical (unpaired) electrons. The fourth-order valence-corrected chi connectivity index (χ4v) is 4.43. The van der Waals surface area contributed by atoms with Crippen LogP contribution in [-0.4, -0.2) is 88.2 Å². The third-order valence-electron chi connectivity index (χ3n) is 4.65. The number of carbonyl (C=O) groups is 2. The first-order valence-electron chi connectivity index (χ1n) is 9.15. The zero-order valence-electron chi connectivity index (χ0n) is 15.7. The molecule has 3 rings (SSSR count). The molecule has 0 N–H and O–H groups in total. The van der Waals surface area contributed by atoms with Gasteiger partial charge in [-0.3, -0.25) is 4.79 Å². The van der Waals surface area contributed by atoms with Gasteiger partial charge in [-0.2, -0.15) is 4.31 Å². The van der Waals surface area contributed by atoms with Gasteiger partial charge in [0.05, 0.1) is 36.9 Å². The van der Waals surface area contributed by atoms with Crippen molar-refractivity contribution in [2.24, 2.45) is 0 Å². The zero-order chi connectivity index (χ0) is 20.1. The lowest BCUT2D eigenvalue weighted by molar-refractivity contribution is -0.143. The van der Waals surface area contributed by atoms with Gasteiger partial charge in [-0.1, -0.05) is 0 Å². The topological polar surface area (TPSA) is 102 Å². The highest BCUT2D eigenvalue weighted by Gasteiger charge is 2.28. The number of carbonyl (C=O) groups excluding carboxylic acids is 2. The van der Waals surface area contributed by atoms with Gasteiger partial charge in [0.25, 0.3) is 5.91 Å². The van der Waals surface area contributed by atoms with Crippen LogP contribution in [0.1, 0.15) is 17.3 Å². The Hall–Kier alpha value is -2.01. The number of esters is 1. The first-order valence-corrected chi connectivity index (χ1v) is 10.6. The Labute approximate surface area is 164 Å². The van der Waals surface area contributed by atoms with E-state index in [0.29, 0.717) is 52.6 Å². The molecule has 0 aromatic heterocycles. The summed E-state index contributed by atoms with van der Waals surface area (Å²) >= 11 is 0. The number of rotatable bonds is 5. The Bertz CT molecular complexity index is 798. The van der Waals surface area contributed by atoms with Crippen LogP contribution in [0.4, 0.5) is 0 Å². The summed E-state index contributed by atoms with van der Waals surface area (Å²) < 4.78 is 42.2. The lowest BCUT2D eigenvalue weighted by Crippen LogP contribution is -2.46. The normalized spacial score (nSPS) is 19.8.